The number of para-hydroxylation sites is 1. The Hall–Kier alpha value is -1.75. The molecule has 1 aromatic carbocycles. The molecule has 0 aliphatic heterocycles. The summed E-state index contributed by atoms with van der Waals surface area (Å²) in [5.74, 6) is -2.20. The molecule has 3 N–H and O–H groups in total. The van der Waals surface area contributed by atoms with Crippen LogP contribution in [0.2, 0.25) is 5.02 Å². The minimum Gasteiger partial charge on any atom is -0.506 e. The Morgan fingerprint density at radius 1 is 1.40 bits per heavy atom. The van der Waals surface area contributed by atoms with Gasteiger partial charge in [0.05, 0.1) is 10.6 Å². The van der Waals surface area contributed by atoms with Gasteiger partial charge < -0.3 is 15.5 Å². The number of carboxylic acid groups (broad SMARTS) is 1. The van der Waals surface area contributed by atoms with Gasteiger partial charge in [-0.1, -0.05) is 17.7 Å². The van der Waals surface area contributed by atoms with Gasteiger partial charge in [-0.25, -0.2) is 0 Å². The van der Waals surface area contributed by atoms with Gasteiger partial charge in [-0.2, -0.15) is 0 Å². The molecule has 15 heavy (non-hydrogen) atoms. The second-order valence-electron chi connectivity index (χ2n) is 2.71. The van der Waals surface area contributed by atoms with Crippen LogP contribution in [-0.2, 0) is 4.79 Å². The van der Waals surface area contributed by atoms with Gasteiger partial charge in [0.1, 0.15) is 12.3 Å². The van der Waals surface area contributed by atoms with E-state index >= 15 is 0 Å². The Labute approximate surface area is 90.3 Å². The average molecular weight is 230 g/mol. The van der Waals surface area contributed by atoms with Crippen molar-refractivity contribution in [2.45, 2.75) is 0 Å². The van der Waals surface area contributed by atoms with Crippen molar-refractivity contribution in [2.24, 2.45) is 0 Å². The molecule has 0 spiro atoms. The summed E-state index contributed by atoms with van der Waals surface area (Å²) in [6.07, 6.45) is 0. The van der Waals surface area contributed by atoms with Crippen molar-refractivity contribution in [1.29, 1.82) is 0 Å². The monoisotopic (exact) mass is 229 g/mol. The number of carbonyl (C=O) groups is 2. The lowest BCUT2D eigenvalue weighted by Gasteiger charge is -2.05. The van der Waals surface area contributed by atoms with Crippen LogP contribution in [0, 0.1) is 0 Å². The fraction of sp³-hybridized carbons (Fsp3) is 0.111. The van der Waals surface area contributed by atoms with Crippen LogP contribution < -0.4 is 5.32 Å². The molecular formula is C9H8ClNO4. The molecule has 0 fully saturated rings. The standard InChI is InChI=1S/C9H8ClNO4/c10-6-3-1-2-5(8(6)14)9(15)11-4-7(12)13/h1-3,14H,4H2,(H,11,15)(H,12,13). The van der Waals surface area contributed by atoms with Gasteiger partial charge in [-0.3, -0.25) is 9.59 Å². The predicted octanol–water partition coefficient (Wildman–Crippen LogP) is 0.860. The van der Waals surface area contributed by atoms with Crippen LogP contribution in [0.25, 0.3) is 0 Å². The maximum absolute atomic E-state index is 11.3. The smallest absolute Gasteiger partial charge is 0.322 e. The van der Waals surface area contributed by atoms with Crippen LogP contribution in [0.4, 0.5) is 0 Å². The van der Waals surface area contributed by atoms with Gasteiger partial charge in [0.2, 0.25) is 0 Å². The number of halogens is 1. The predicted molar refractivity (Wildman–Crippen MR) is 53.1 cm³/mol. The molecule has 0 heterocycles. The van der Waals surface area contributed by atoms with E-state index < -0.39 is 18.4 Å². The van der Waals surface area contributed by atoms with Crippen molar-refractivity contribution in [1.82, 2.24) is 5.32 Å². The Kier molecular flexibility index (Phi) is 3.51. The second-order valence-corrected chi connectivity index (χ2v) is 3.12. The van der Waals surface area contributed by atoms with E-state index in [4.69, 9.17) is 16.7 Å². The molecular weight excluding hydrogens is 222 g/mol. The van der Waals surface area contributed by atoms with E-state index in [1.807, 2.05) is 0 Å². The van der Waals surface area contributed by atoms with Crippen LogP contribution in [0.1, 0.15) is 10.4 Å². The molecule has 5 nitrogen and oxygen atoms in total. The first-order valence-corrected chi connectivity index (χ1v) is 4.37. The number of phenolic OH excluding ortho intramolecular Hbond substituents is 1. The molecule has 0 saturated heterocycles. The quantitative estimate of drug-likeness (QED) is 0.718. The molecule has 6 heteroatoms. The summed E-state index contributed by atoms with van der Waals surface area (Å²) < 4.78 is 0. The fourth-order valence-electron chi connectivity index (χ4n) is 0.950. The number of aromatic hydroxyl groups is 1. The summed E-state index contributed by atoms with van der Waals surface area (Å²) in [5, 5.41) is 19.9. The van der Waals surface area contributed by atoms with E-state index in [9.17, 15) is 14.7 Å². The number of hydrogen-bond acceptors (Lipinski definition) is 3. The van der Waals surface area contributed by atoms with Crippen LogP contribution >= 0.6 is 11.6 Å². The van der Waals surface area contributed by atoms with Gasteiger partial charge in [0.25, 0.3) is 5.91 Å². The Bertz CT molecular complexity index is 405. The third-order valence-electron chi connectivity index (χ3n) is 1.63. The normalized spacial score (nSPS) is 9.67. The number of amides is 1. The molecule has 1 rings (SSSR count). The van der Waals surface area contributed by atoms with Gasteiger partial charge in [-0.05, 0) is 12.1 Å². The number of phenols is 1. The molecule has 1 aromatic rings. The van der Waals surface area contributed by atoms with Crippen LogP contribution in [0.3, 0.4) is 0 Å². The summed E-state index contributed by atoms with van der Waals surface area (Å²) in [4.78, 5) is 21.5. The third kappa shape index (κ3) is 2.85. The maximum atomic E-state index is 11.3. The molecule has 0 atom stereocenters. The number of carboxylic acids is 1. The Morgan fingerprint density at radius 2 is 2.07 bits per heavy atom. The number of hydrogen-bond donors (Lipinski definition) is 3. The van der Waals surface area contributed by atoms with Crippen LogP contribution in [0.5, 0.6) is 5.75 Å². The first-order chi connectivity index (χ1) is 7.02. The summed E-state index contributed by atoms with van der Waals surface area (Å²) in [7, 11) is 0. The largest absolute Gasteiger partial charge is 0.506 e. The highest BCUT2D eigenvalue weighted by Gasteiger charge is 2.13. The van der Waals surface area contributed by atoms with Crippen molar-refractivity contribution in [2.75, 3.05) is 6.54 Å². The molecule has 0 unspecified atom stereocenters. The average Bonchev–Trinajstić information content (AvgIpc) is 2.18. The van der Waals surface area contributed by atoms with Crippen LogP contribution in [0.15, 0.2) is 18.2 Å². The Morgan fingerprint density at radius 3 is 2.67 bits per heavy atom. The van der Waals surface area contributed by atoms with Crippen molar-refractivity contribution in [3.63, 3.8) is 0 Å². The van der Waals surface area contributed by atoms with Gasteiger partial charge in [0.15, 0.2) is 0 Å². The van der Waals surface area contributed by atoms with E-state index in [0.29, 0.717) is 0 Å². The molecule has 0 radical (unpaired) electrons. The van der Waals surface area contributed by atoms with Crippen molar-refractivity contribution in [3.8, 4) is 5.75 Å². The van der Waals surface area contributed by atoms with Crippen LogP contribution in [-0.4, -0.2) is 28.6 Å². The number of rotatable bonds is 3. The summed E-state index contributed by atoms with van der Waals surface area (Å²) >= 11 is 5.57. The summed E-state index contributed by atoms with van der Waals surface area (Å²) in [6.45, 7) is -0.509. The zero-order chi connectivity index (χ0) is 11.4. The van der Waals surface area contributed by atoms with Gasteiger partial charge in [0, 0.05) is 0 Å². The van der Waals surface area contributed by atoms with E-state index in [-0.39, 0.29) is 16.3 Å². The molecule has 80 valence electrons. The molecule has 1 amide bonds. The molecule has 0 bridgehead atoms. The Balaban J connectivity index is 2.82. The first kappa shape index (κ1) is 11.3. The number of nitrogens with one attached hydrogen (secondary N) is 1. The van der Waals surface area contributed by atoms with Crippen molar-refractivity contribution >= 4 is 23.5 Å². The number of carbonyl (C=O) groups excluding carboxylic acids is 1. The highest BCUT2D eigenvalue weighted by atomic mass is 35.5. The molecule has 0 aromatic heterocycles. The highest BCUT2D eigenvalue weighted by Crippen LogP contribution is 2.26. The highest BCUT2D eigenvalue weighted by molar-refractivity contribution is 6.32. The van der Waals surface area contributed by atoms with E-state index in [1.165, 1.54) is 18.2 Å². The van der Waals surface area contributed by atoms with Gasteiger partial charge in [-0.15, -0.1) is 0 Å². The lowest BCUT2D eigenvalue weighted by Crippen LogP contribution is -2.29. The molecule has 0 saturated carbocycles. The zero-order valence-corrected chi connectivity index (χ0v) is 8.28. The van der Waals surface area contributed by atoms with E-state index in [1.54, 1.807) is 0 Å². The summed E-state index contributed by atoms with van der Waals surface area (Å²) in [5.41, 5.74) is -0.0521. The third-order valence-corrected chi connectivity index (χ3v) is 1.94. The maximum Gasteiger partial charge on any atom is 0.322 e. The lowest BCUT2D eigenvalue weighted by molar-refractivity contribution is -0.135. The minimum atomic E-state index is -1.16. The minimum absolute atomic E-state index is 0.0398. The molecule has 0 aliphatic rings. The van der Waals surface area contributed by atoms with Crippen molar-refractivity contribution in [3.05, 3.63) is 28.8 Å². The number of benzene rings is 1. The molecule has 0 aliphatic carbocycles. The zero-order valence-electron chi connectivity index (χ0n) is 7.53. The van der Waals surface area contributed by atoms with E-state index in [2.05, 4.69) is 5.32 Å². The van der Waals surface area contributed by atoms with Crippen molar-refractivity contribution < 1.29 is 19.8 Å². The topological polar surface area (TPSA) is 86.6 Å². The van der Waals surface area contributed by atoms with E-state index in [0.717, 1.165) is 0 Å². The fourth-order valence-corrected chi connectivity index (χ4v) is 1.12. The lowest BCUT2D eigenvalue weighted by atomic mass is 10.2. The number of aliphatic carboxylic acids is 1. The first-order valence-electron chi connectivity index (χ1n) is 4.00. The summed E-state index contributed by atoms with van der Waals surface area (Å²) in [6, 6.07) is 4.25. The van der Waals surface area contributed by atoms with Gasteiger partial charge >= 0.3 is 5.97 Å². The second kappa shape index (κ2) is 4.65. The SMILES string of the molecule is O=C(O)CNC(=O)c1cccc(Cl)c1O.